The molecule has 26 heavy (non-hydrogen) atoms. The molecule has 1 aliphatic heterocycles. The predicted octanol–water partition coefficient (Wildman–Crippen LogP) is 1.31. The third kappa shape index (κ3) is 6.57. The number of hydrogen-bond acceptors (Lipinski definition) is 5. The zero-order chi connectivity index (χ0) is 18.9. The fraction of sp³-hybridized carbons (Fsp3) is 0.722. The van der Waals surface area contributed by atoms with Gasteiger partial charge in [-0.1, -0.05) is 6.92 Å². The van der Waals surface area contributed by atoms with Crippen LogP contribution in [0.3, 0.4) is 0 Å². The minimum atomic E-state index is 0.168. The fourth-order valence-corrected chi connectivity index (χ4v) is 3.60. The molecule has 2 N–H and O–H groups in total. The van der Waals surface area contributed by atoms with Crippen molar-refractivity contribution in [1.82, 2.24) is 25.4 Å². The monoisotopic (exact) mass is 380 g/mol. The third-order valence-electron chi connectivity index (χ3n) is 4.45. The number of aryl methyl sites for hydroxylation is 1. The average molecular weight is 381 g/mol. The number of thiazole rings is 1. The van der Waals surface area contributed by atoms with Gasteiger partial charge in [-0.15, -0.1) is 11.3 Å². The van der Waals surface area contributed by atoms with Crippen molar-refractivity contribution >= 4 is 23.2 Å². The van der Waals surface area contributed by atoms with Crippen molar-refractivity contribution in [3.8, 4) is 0 Å². The Morgan fingerprint density at radius 3 is 2.69 bits per heavy atom. The Balaban J connectivity index is 1.82. The van der Waals surface area contributed by atoms with E-state index in [0.29, 0.717) is 19.1 Å². The standard InChI is InChI=1S/C18H32N6OS/c1-5-15-11-20-16(26-15)12-21-18(19-6-2)22-14-7-9-24(10-8-14)13-17(25)23(3)4/h11,14H,5-10,12-13H2,1-4H3,(H2,19,21,22). The number of hydrogen-bond donors (Lipinski definition) is 2. The molecule has 0 saturated carbocycles. The van der Waals surface area contributed by atoms with Gasteiger partial charge < -0.3 is 15.5 Å². The molecule has 0 atom stereocenters. The average Bonchev–Trinajstić information content (AvgIpc) is 3.09. The Kier molecular flexibility index (Phi) is 8.31. The first-order chi connectivity index (χ1) is 12.5. The SMILES string of the molecule is CCNC(=NCc1ncc(CC)s1)NC1CCN(CC(=O)N(C)C)CC1. The number of carbonyl (C=O) groups is 1. The van der Waals surface area contributed by atoms with Crippen LogP contribution in [-0.4, -0.2) is 73.0 Å². The van der Waals surface area contributed by atoms with E-state index in [-0.39, 0.29) is 5.91 Å². The number of rotatable bonds is 7. The van der Waals surface area contributed by atoms with E-state index in [9.17, 15) is 4.79 Å². The van der Waals surface area contributed by atoms with Crippen molar-refractivity contribution in [2.75, 3.05) is 40.3 Å². The maximum Gasteiger partial charge on any atom is 0.236 e. The van der Waals surface area contributed by atoms with Gasteiger partial charge in [0.1, 0.15) is 5.01 Å². The lowest BCUT2D eigenvalue weighted by Crippen LogP contribution is -2.50. The largest absolute Gasteiger partial charge is 0.357 e. The van der Waals surface area contributed by atoms with Gasteiger partial charge in [0.2, 0.25) is 5.91 Å². The lowest BCUT2D eigenvalue weighted by Gasteiger charge is -2.33. The summed E-state index contributed by atoms with van der Waals surface area (Å²) < 4.78 is 0. The summed E-state index contributed by atoms with van der Waals surface area (Å²) in [6.45, 7) is 8.04. The summed E-state index contributed by atoms with van der Waals surface area (Å²) in [6.07, 6.45) is 5.00. The minimum Gasteiger partial charge on any atom is -0.357 e. The van der Waals surface area contributed by atoms with Crippen LogP contribution in [0.25, 0.3) is 0 Å². The van der Waals surface area contributed by atoms with Gasteiger partial charge in [0.25, 0.3) is 0 Å². The number of nitrogens with one attached hydrogen (secondary N) is 2. The van der Waals surface area contributed by atoms with Gasteiger partial charge in [-0.3, -0.25) is 9.69 Å². The highest BCUT2D eigenvalue weighted by atomic mass is 32.1. The Morgan fingerprint density at radius 2 is 2.12 bits per heavy atom. The van der Waals surface area contributed by atoms with Gasteiger partial charge in [-0.25, -0.2) is 9.98 Å². The van der Waals surface area contributed by atoms with Gasteiger partial charge in [0, 0.05) is 50.8 Å². The first kappa shape index (κ1) is 20.6. The number of piperidine rings is 1. The first-order valence-electron chi connectivity index (χ1n) is 9.42. The maximum absolute atomic E-state index is 11.8. The maximum atomic E-state index is 11.8. The van der Waals surface area contributed by atoms with Gasteiger partial charge in [-0.2, -0.15) is 0 Å². The van der Waals surface area contributed by atoms with Crippen molar-refractivity contribution < 1.29 is 4.79 Å². The molecule has 146 valence electrons. The second kappa shape index (κ2) is 10.5. The molecule has 1 saturated heterocycles. The molecule has 8 heteroatoms. The van der Waals surface area contributed by atoms with Crippen molar-refractivity contribution in [3.63, 3.8) is 0 Å². The van der Waals surface area contributed by atoms with E-state index in [0.717, 1.165) is 49.9 Å². The Hall–Kier alpha value is -1.67. The summed E-state index contributed by atoms with van der Waals surface area (Å²) >= 11 is 1.73. The highest BCUT2D eigenvalue weighted by Crippen LogP contribution is 2.14. The summed E-state index contributed by atoms with van der Waals surface area (Å²) in [7, 11) is 3.61. The molecule has 2 heterocycles. The van der Waals surface area contributed by atoms with Crippen LogP contribution in [0.1, 0.15) is 36.6 Å². The number of likely N-dealkylation sites (N-methyl/N-ethyl adjacent to an activating group) is 1. The molecule has 0 unspecified atom stereocenters. The van der Waals surface area contributed by atoms with Crippen LogP contribution < -0.4 is 10.6 Å². The fourth-order valence-electron chi connectivity index (χ4n) is 2.81. The molecular weight excluding hydrogens is 348 g/mol. The van der Waals surface area contributed by atoms with E-state index in [1.54, 1.807) is 16.2 Å². The van der Waals surface area contributed by atoms with Crippen LogP contribution in [0.4, 0.5) is 0 Å². The molecule has 2 rings (SSSR count). The van der Waals surface area contributed by atoms with E-state index in [2.05, 4.69) is 39.4 Å². The van der Waals surface area contributed by atoms with Crippen molar-refractivity contribution in [3.05, 3.63) is 16.1 Å². The number of carbonyl (C=O) groups excluding carboxylic acids is 1. The Labute approximate surface area is 160 Å². The van der Waals surface area contributed by atoms with Crippen molar-refractivity contribution in [1.29, 1.82) is 0 Å². The molecule has 7 nitrogen and oxygen atoms in total. The molecule has 1 aromatic heterocycles. The summed E-state index contributed by atoms with van der Waals surface area (Å²) in [4.78, 5) is 26.1. The number of amides is 1. The quantitative estimate of drug-likeness (QED) is 0.551. The van der Waals surface area contributed by atoms with Gasteiger partial charge in [-0.05, 0) is 26.2 Å². The van der Waals surface area contributed by atoms with Crippen LogP contribution in [0.5, 0.6) is 0 Å². The molecule has 1 fully saturated rings. The highest BCUT2D eigenvalue weighted by Gasteiger charge is 2.22. The first-order valence-corrected chi connectivity index (χ1v) is 10.2. The van der Waals surface area contributed by atoms with Gasteiger partial charge in [0.15, 0.2) is 5.96 Å². The normalized spacial score (nSPS) is 16.5. The molecule has 0 aliphatic carbocycles. The second-order valence-corrected chi connectivity index (χ2v) is 7.95. The smallest absolute Gasteiger partial charge is 0.236 e. The highest BCUT2D eigenvalue weighted by molar-refractivity contribution is 7.11. The van der Waals surface area contributed by atoms with Gasteiger partial charge >= 0.3 is 0 Å². The Bertz CT molecular complexity index is 592. The van der Waals surface area contributed by atoms with Crippen LogP contribution in [0.15, 0.2) is 11.2 Å². The molecule has 1 amide bonds. The topological polar surface area (TPSA) is 72.9 Å². The van der Waals surface area contributed by atoms with E-state index >= 15 is 0 Å². The third-order valence-corrected chi connectivity index (χ3v) is 5.58. The zero-order valence-corrected chi connectivity index (χ0v) is 17.2. The van der Waals surface area contributed by atoms with Crippen molar-refractivity contribution in [2.45, 2.75) is 45.7 Å². The predicted molar refractivity (Wildman–Crippen MR) is 108 cm³/mol. The lowest BCUT2D eigenvalue weighted by molar-refractivity contribution is -0.130. The number of likely N-dealkylation sites (tertiary alicyclic amines) is 1. The van der Waals surface area contributed by atoms with Crippen LogP contribution in [-0.2, 0) is 17.8 Å². The van der Waals surface area contributed by atoms with E-state index < -0.39 is 0 Å². The number of nitrogens with zero attached hydrogens (tertiary/aromatic N) is 4. The van der Waals surface area contributed by atoms with E-state index in [4.69, 9.17) is 0 Å². The van der Waals surface area contributed by atoms with Crippen LogP contribution in [0.2, 0.25) is 0 Å². The summed E-state index contributed by atoms with van der Waals surface area (Å²) in [5.74, 6) is 1.02. The zero-order valence-electron chi connectivity index (χ0n) is 16.4. The lowest BCUT2D eigenvalue weighted by atomic mass is 10.1. The molecule has 0 spiro atoms. The number of aliphatic imine (C=N–C) groups is 1. The molecule has 0 radical (unpaired) electrons. The van der Waals surface area contributed by atoms with Crippen LogP contribution >= 0.6 is 11.3 Å². The second-order valence-electron chi connectivity index (χ2n) is 6.75. The number of guanidine groups is 1. The Morgan fingerprint density at radius 1 is 1.38 bits per heavy atom. The molecule has 1 aliphatic rings. The summed E-state index contributed by atoms with van der Waals surface area (Å²) in [5.41, 5.74) is 0. The van der Waals surface area contributed by atoms with Gasteiger partial charge in [0.05, 0.1) is 13.1 Å². The minimum absolute atomic E-state index is 0.168. The van der Waals surface area contributed by atoms with Crippen molar-refractivity contribution in [2.24, 2.45) is 4.99 Å². The summed E-state index contributed by atoms with van der Waals surface area (Å²) in [6, 6.07) is 0.390. The number of aromatic nitrogens is 1. The molecule has 1 aromatic rings. The van der Waals surface area contributed by atoms with Crippen LogP contribution in [0, 0.1) is 0 Å². The summed E-state index contributed by atoms with van der Waals surface area (Å²) in [5, 5.41) is 7.91. The molecular formula is C18H32N6OS. The molecule has 0 aromatic carbocycles. The van der Waals surface area contributed by atoms with E-state index in [1.165, 1.54) is 4.88 Å². The van der Waals surface area contributed by atoms with E-state index in [1.807, 2.05) is 20.3 Å². The molecule has 0 bridgehead atoms.